The Hall–Kier alpha value is -0.570. The number of likely N-dealkylation sites (tertiary alicyclic amines) is 1. The van der Waals surface area contributed by atoms with Crippen molar-refractivity contribution in [3.8, 4) is 0 Å². The fraction of sp³-hybridized carbons (Fsp3) is 0.882. The molecule has 7 heteroatoms. The van der Waals surface area contributed by atoms with Crippen LogP contribution in [0.4, 0.5) is 0 Å². The molecular weight excluding hydrogens is 419 g/mol. The molecule has 0 saturated carbocycles. The molecule has 1 aliphatic heterocycles. The van der Waals surface area contributed by atoms with Gasteiger partial charge in [0.25, 0.3) is 0 Å². The van der Waals surface area contributed by atoms with E-state index < -0.39 is 0 Å². The minimum absolute atomic E-state index is 0. The average molecular weight is 454 g/mol. The Morgan fingerprint density at radius 3 is 2.54 bits per heavy atom. The smallest absolute Gasteiger partial charge is 0.220 e. The van der Waals surface area contributed by atoms with Crippen LogP contribution in [-0.2, 0) is 9.53 Å². The summed E-state index contributed by atoms with van der Waals surface area (Å²) in [5, 5.41) is 6.11. The van der Waals surface area contributed by atoms with Gasteiger partial charge in [-0.1, -0.05) is 0 Å². The molecule has 24 heavy (non-hydrogen) atoms. The van der Waals surface area contributed by atoms with Gasteiger partial charge in [-0.05, 0) is 44.9 Å². The normalized spacial score (nSPS) is 15.8. The van der Waals surface area contributed by atoms with Gasteiger partial charge >= 0.3 is 0 Å². The van der Waals surface area contributed by atoms with Crippen LogP contribution in [0.15, 0.2) is 4.99 Å². The lowest BCUT2D eigenvalue weighted by molar-refractivity contribution is -0.121. The maximum atomic E-state index is 11.5. The Morgan fingerprint density at radius 1 is 1.25 bits per heavy atom. The van der Waals surface area contributed by atoms with E-state index in [9.17, 15) is 4.79 Å². The zero-order chi connectivity index (χ0) is 16.9. The Bertz CT molecular complexity index is 358. The van der Waals surface area contributed by atoms with E-state index in [0.717, 1.165) is 70.8 Å². The van der Waals surface area contributed by atoms with Crippen molar-refractivity contribution in [1.82, 2.24) is 15.5 Å². The van der Waals surface area contributed by atoms with Crippen LogP contribution in [0, 0.1) is 5.92 Å². The quantitative estimate of drug-likeness (QED) is 0.243. The number of ether oxygens (including phenoxy) is 1. The number of amides is 1. The highest BCUT2D eigenvalue weighted by Crippen LogP contribution is 2.20. The first-order chi connectivity index (χ1) is 11.2. The number of methoxy groups -OCH3 is 1. The summed E-state index contributed by atoms with van der Waals surface area (Å²) in [5.41, 5.74) is 0. The van der Waals surface area contributed by atoms with E-state index >= 15 is 0 Å². The van der Waals surface area contributed by atoms with Crippen molar-refractivity contribution in [1.29, 1.82) is 0 Å². The number of guanidine groups is 1. The lowest BCUT2D eigenvalue weighted by atomic mass is 9.93. The van der Waals surface area contributed by atoms with Crippen molar-refractivity contribution in [3.63, 3.8) is 0 Å². The molecule has 0 spiro atoms. The summed E-state index contributed by atoms with van der Waals surface area (Å²) >= 11 is 0. The zero-order valence-corrected chi connectivity index (χ0v) is 17.8. The highest BCUT2D eigenvalue weighted by Gasteiger charge is 2.22. The zero-order valence-electron chi connectivity index (χ0n) is 15.5. The first-order valence-electron chi connectivity index (χ1n) is 8.94. The van der Waals surface area contributed by atoms with Gasteiger partial charge in [-0.3, -0.25) is 9.79 Å². The van der Waals surface area contributed by atoms with Gasteiger partial charge in [0.1, 0.15) is 0 Å². The molecule has 6 nitrogen and oxygen atoms in total. The van der Waals surface area contributed by atoms with Crippen molar-refractivity contribution in [2.75, 3.05) is 46.9 Å². The third-order valence-electron chi connectivity index (χ3n) is 4.27. The molecule has 0 aliphatic carbocycles. The van der Waals surface area contributed by atoms with Gasteiger partial charge in [0.15, 0.2) is 5.96 Å². The molecule has 1 saturated heterocycles. The lowest BCUT2D eigenvalue weighted by Crippen LogP contribution is -2.46. The highest BCUT2D eigenvalue weighted by molar-refractivity contribution is 14.0. The van der Waals surface area contributed by atoms with Crippen LogP contribution in [-0.4, -0.2) is 63.7 Å². The van der Waals surface area contributed by atoms with E-state index in [-0.39, 0.29) is 29.9 Å². The Labute approximate surface area is 164 Å². The number of hydrogen-bond acceptors (Lipinski definition) is 3. The highest BCUT2D eigenvalue weighted by atomic mass is 127. The summed E-state index contributed by atoms with van der Waals surface area (Å²) in [4.78, 5) is 18.6. The fourth-order valence-electron chi connectivity index (χ4n) is 2.86. The SMILES string of the molecule is CCNC(=NCCCCCOC)N1CCC(CC(=O)NC)CC1.I. The Morgan fingerprint density at radius 2 is 1.96 bits per heavy atom. The first kappa shape index (κ1) is 23.4. The summed E-state index contributed by atoms with van der Waals surface area (Å²) < 4.78 is 5.06. The van der Waals surface area contributed by atoms with Gasteiger partial charge in [-0.25, -0.2) is 0 Å². The predicted octanol–water partition coefficient (Wildman–Crippen LogP) is 2.23. The number of rotatable bonds is 9. The molecule has 1 heterocycles. The van der Waals surface area contributed by atoms with Crippen molar-refractivity contribution < 1.29 is 9.53 Å². The number of nitrogens with zero attached hydrogens (tertiary/aromatic N) is 2. The van der Waals surface area contributed by atoms with E-state index in [1.54, 1.807) is 14.2 Å². The number of halogens is 1. The summed E-state index contributed by atoms with van der Waals surface area (Å²) in [7, 11) is 3.45. The molecule has 0 atom stereocenters. The van der Waals surface area contributed by atoms with Gasteiger partial charge in [0.2, 0.25) is 5.91 Å². The maximum absolute atomic E-state index is 11.5. The lowest BCUT2D eigenvalue weighted by Gasteiger charge is -2.34. The minimum Gasteiger partial charge on any atom is -0.385 e. The van der Waals surface area contributed by atoms with Crippen LogP contribution in [0.5, 0.6) is 0 Å². The number of nitrogens with one attached hydrogen (secondary N) is 2. The molecule has 1 amide bonds. The number of unbranched alkanes of at least 4 members (excludes halogenated alkanes) is 2. The number of aliphatic imine (C=N–C) groups is 1. The van der Waals surface area contributed by atoms with Gasteiger partial charge in [-0.2, -0.15) is 0 Å². The third-order valence-corrected chi connectivity index (χ3v) is 4.27. The summed E-state index contributed by atoms with van der Waals surface area (Å²) in [5.74, 6) is 1.68. The summed E-state index contributed by atoms with van der Waals surface area (Å²) in [6.07, 6.45) is 6.14. The van der Waals surface area contributed by atoms with E-state index in [0.29, 0.717) is 12.3 Å². The molecule has 0 aromatic heterocycles. The Balaban J connectivity index is 0.00000529. The fourth-order valence-corrected chi connectivity index (χ4v) is 2.86. The van der Waals surface area contributed by atoms with Crippen molar-refractivity contribution in [2.45, 2.75) is 45.4 Å². The van der Waals surface area contributed by atoms with Crippen LogP contribution >= 0.6 is 24.0 Å². The van der Waals surface area contributed by atoms with Gasteiger partial charge in [-0.15, -0.1) is 24.0 Å². The average Bonchev–Trinajstić information content (AvgIpc) is 2.57. The number of carbonyl (C=O) groups is 1. The molecule has 0 radical (unpaired) electrons. The van der Waals surface area contributed by atoms with Crippen molar-refractivity contribution in [3.05, 3.63) is 0 Å². The molecule has 1 rings (SSSR count). The largest absolute Gasteiger partial charge is 0.385 e. The van der Waals surface area contributed by atoms with E-state index in [4.69, 9.17) is 9.73 Å². The second-order valence-corrected chi connectivity index (χ2v) is 6.10. The molecule has 2 N–H and O–H groups in total. The third kappa shape index (κ3) is 9.66. The predicted molar refractivity (Wildman–Crippen MR) is 110 cm³/mol. The van der Waals surface area contributed by atoms with E-state index in [2.05, 4.69) is 22.5 Å². The molecule has 1 fully saturated rings. The van der Waals surface area contributed by atoms with Crippen LogP contribution in [0.1, 0.15) is 45.4 Å². The van der Waals surface area contributed by atoms with E-state index in [1.807, 2.05) is 0 Å². The maximum Gasteiger partial charge on any atom is 0.220 e. The van der Waals surface area contributed by atoms with Gasteiger partial charge in [0, 0.05) is 53.4 Å². The van der Waals surface area contributed by atoms with Crippen LogP contribution < -0.4 is 10.6 Å². The van der Waals surface area contributed by atoms with Crippen LogP contribution in [0.3, 0.4) is 0 Å². The molecule has 142 valence electrons. The molecular formula is C17H35IN4O2. The topological polar surface area (TPSA) is 66.0 Å². The second kappa shape index (κ2) is 14.7. The molecule has 0 unspecified atom stereocenters. The Kier molecular flexibility index (Phi) is 14.4. The van der Waals surface area contributed by atoms with Gasteiger partial charge in [0.05, 0.1) is 0 Å². The summed E-state index contributed by atoms with van der Waals surface area (Å²) in [6.45, 7) is 6.66. The van der Waals surface area contributed by atoms with Crippen molar-refractivity contribution >= 4 is 35.8 Å². The van der Waals surface area contributed by atoms with E-state index in [1.165, 1.54) is 0 Å². The monoisotopic (exact) mass is 454 g/mol. The van der Waals surface area contributed by atoms with Gasteiger partial charge < -0.3 is 20.3 Å². The standard InChI is InChI=1S/C17H34N4O2.HI/c1-4-19-17(20-10-6-5-7-13-23-3)21-11-8-15(9-12-21)14-16(22)18-2;/h15H,4-14H2,1-3H3,(H,18,22)(H,19,20);1H. The summed E-state index contributed by atoms with van der Waals surface area (Å²) in [6, 6.07) is 0. The number of piperidine rings is 1. The molecule has 0 aromatic carbocycles. The van der Waals surface area contributed by atoms with Crippen LogP contribution in [0.2, 0.25) is 0 Å². The van der Waals surface area contributed by atoms with Crippen LogP contribution in [0.25, 0.3) is 0 Å². The van der Waals surface area contributed by atoms with Crippen molar-refractivity contribution in [2.24, 2.45) is 10.9 Å². The minimum atomic E-state index is 0. The molecule has 1 aliphatic rings. The molecule has 0 aromatic rings. The second-order valence-electron chi connectivity index (χ2n) is 6.10. The first-order valence-corrected chi connectivity index (χ1v) is 8.94. The number of hydrogen-bond donors (Lipinski definition) is 2. The molecule has 0 bridgehead atoms. The number of carbonyl (C=O) groups excluding carboxylic acids is 1.